The van der Waals surface area contributed by atoms with Crippen molar-refractivity contribution in [2.24, 2.45) is 13.0 Å². The van der Waals surface area contributed by atoms with Gasteiger partial charge in [-0.05, 0) is 73.5 Å². The maximum atomic E-state index is 13.1. The van der Waals surface area contributed by atoms with E-state index in [0.717, 1.165) is 37.8 Å². The summed E-state index contributed by atoms with van der Waals surface area (Å²) in [7, 11) is 1.86. The monoisotopic (exact) mass is 544 g/mol. The molecule has 4 aromatic rings. The van der Waals surface area contributed by atoms with Gasteiger partial charge >= 0.3 is 6.18 Å². The predicted molar refractivity (Wildman–Crippen MR) is 133 cm³/mol. The third kappa shape index (κ3) is 5.65. The molecule has 3 heterocycles. The van der Waals surface area contributed by atoms with E-state index in [9.17, 15) is 13.2 Å². The number of benzene rings is 2. The highest BCUT2D eigenvalue weighted by atomic mass is 79.9. The van der Waals surface area contributed by atoms with Crippen molar-refractivity contribution in [2.45, 2.75) is 25.6 Å². The molecule has 0 aliphatic carbocycles. The Morgan fingerprint density at radius 3 is 2.57 bits per heavy atom. The Balaban J connectivity index is 1.40. The molecule has 0 amide bonds. The number of aryl methyl sites for hydroxylation is 1. The van der Waals surface area contributed by atoms with E-state index >= 15 is 0 Å². The third-order valence-corrected chi connectivity index (χ3v) is 6.78. The van der Waals surface area contributed by atoms with Gasteiger partial charge in [-0.15, -0.1) is 0 Å². The van der Waals surface area contributed by atoms with Crippen LogP contribution in [-0.2, 0) is 13.6 Å². The molecule has 0 saturated carbocycles. The van der Waals surface area contributed by atoms with Crippen LogP contribution in [0.5, 0.6) is 0 Å². The Bertz CT molecular complexity index is 1340. The summed E-state index contributed by atoms with van der Waals surface area (Å²) < 4.78 is 41.9. The molecule has 6 nitrogen and oxygen atoms in total. The van der Waals surface area contributed by atoms with E-state index in [0.29, 0.717) is 25.6 Å². The second kappa shape index (κ2) is 9.58. The molecule has 10 heteroatoms. The minimum absolute atomic E-state index is 0.137. The molecule has 0 unspecified atom stereocenters. The average molecular weight is 545 g/mol. The molecule has 0 bridgehead atoms. The zero-order valence-corrected chi connectivity index (χ0v) is 20.6. The molecule has 2 aromatic heterocycles. The van der Waals surface area contributed by atoms with E-state index in [4.69, 9.17) is 0 Å². The number of anilines is 2. The molecule has 0 atom stereocenters. The molecule has 1 aliphatic rings. The number of hydrogen-bond donors (Lipinski definition) is 1. The number of aromatic nitrogens is 4. The topological polar surface area (TPSA) is 58.9 Å². The maximum absolute atomic E-state index is 13.1. The van der Waals surface area contributed by atoms with Gasteiger partial charge in [-0.3, -0.25) is 9.58 Å². The number of halogens is 4. The van der Waals surface area contributed by atoms with Gasteiger partial charge in [-0.2, -0.15) is 18.3 Å². The summed E-state index contributed by atoms with van der Waals surface area (Å²) in [6.07, 6.45) is 1.66. The number of rotatable bonds is 5. The SMILES string of the molecule is Cn1cc(-c2cc(CN3CCC(C(F)(F)F)CC3)cc(Nc3ncc4cc(Br)ccc4n3)c2)cn1. The summed E-state index contributed by atoms with van der Waals surface area (Å²) in [5, 5.41) is 8.51. The zero-order valence-electron chi connectivity index (χ0n) is 19.1. The summed E-state index contributed by atoms with van der Waals surface area (Å²) >= 11 is 3.46. The van der Waals surface area contributed by atoms with Gasteiger partial charge in [0.25, 0.3) is 0 Å². The first kappa shape index (κ1) is 23.7. The summed E-state index contributed by atoms with van der Waals surface area (Å²) in [4.78, 5) is 11.2. The van der Waals surface area contributed by atoms with Crippen molar-refractivity contribution in [1.29, 1.82) is 0 Å². The highest BCUT2D eigenvalue weighted by molar-refractivity contribution is 9.10. The standard InChI is InChI=1S/C25H24BrF3N6/c1-34-15-19(13-31-34)17-8-16(14-35-6-4-20(5-7-35)25(27,28)29)9-22(11-17)32-24-30-12-18-10-21(26)2-3-23(18)33-24/h2-3,8-13,15,20H,4-7,14H2,1H3,(H,30,32,33). The lowest BCUT2D eigenvalue weighted by atomic mass is 9.95. The number of fused-ring (bicyclic) bond motifs is 1. The number of hydrogen-bond acceptors (Lipinski definition) is 5. The zero-order chi connectivity index (χ0) is 24.6. The molecule has 1 aliphatic heterocycles. The van der Waals surface area contributed by atoms with Gasteiger partial charge in [-0.25, -0.2) is 9.97 Å². The van der Waals surface area contributed by atoms with Crippen molar-refractivity contribution < 1.29 is 13.2 Å². The Labute approximate surface area is 209 Å². The molecule has 2 aromatic carbocycles. The molecule has 35 heavy (non-hydrogen) atoms. The second-order valence-corrected chi connectivity index (χ2v) is 9.85. The van der Waals surface area contributed by atoms with E-state index in [1.165, 1.54) is 0 Å². The predicted octanol–water partition coefficient (Wildman–Crippen LogP) is 6.31. The largest absolute Gasteiger partial charge is 0.391 e. The van der Waals surface area contributed by atoms with E-state index in [-0.39, 0.29) is 12.8 Å². The van der Waals surface area contributed by atoms with Gasteiger partial charge in [0.1, 0.15) is 0 Å². The Morgan fingerprint density at radius 1 is 1.06 bits per heavy atom. The molecule has 0 radical (unpaired) electrons. The van der Waals surface area contributed by atoms with Crippen LogP contribution in [0, 0.1) is 5.92 Å². The Hall–Kier alpha value is -2.98. The van der Waals surface area contributed by atoms with E-state index in [1.807, 2.05) is 43.6 Å². The van der Waals surface area contributed by atoms with Gasteiger partial charge in [0.2, 0.25) is 5.95 Å². The summed E-state index contributed by atoms with van der Waals surface area (Å²) in [5.74, 6) is -0.733. The summed E-state index contributed by atoms with van der Waals surface area (Å²) in [6.45, 7) is 1.42. The van der Waals surface area contributed by atoms with E-state index in [2.05, 4.69) is 47.3 Å². The van der Waals surface area contributed by atoms with Gasteiger partial charge in [-0.1, -0.05) is 15.9 Å². The van der Waals surface area contributed by atoms with E-state index < -0.39 is 12.1 Å². The lowest BCUT2D eigenvalue weighted by Gasteiger charge is -2.33. The molecule has 5 rings (SSSR count). The first-order valence-corrected chi connectivity index (χ1v) is 12.1. The van der Waals surface area contributed by atoms with Crippen LogP contribution in [0.2, 0.25) is 0 Å². The fourth-order valence-electron chi connectivity index (χ4n) is 4.46. The quantitative estimate of drug-likeness (QED) is 0.319. The van der Waals surface area contributed by atoms with Crippen molar-refractivity contribution >= 4 is 38.5 Å². The molecular formula is C25H24BrF3N6. The molecular weight excluding hydrogens is 521 g/mol. The maximum Gasteiger partial charge on any atom is 0.391 e. The van der Waals surface area contributed by atoms with Crippen LogP contribution >= 0.6 is 15.9 Å². The van der Waals surface area contributed by atoms with Crippen molar-refractivity contribution in [2.75, 3.05) is 18.4 Å². The fraction of sp³-hybridized carbons (Fsp3) is 0.320. The normalized spacial score (nSPS) is 15.6. The Morgan fingerprint density at radius 2 is 1.86 bits per heavy atom. The van der Waals surface area contributed by atoms with Gasteiger partial charge in [0.15, 0.2) is 0 Å². The lowest BCUT2D eigenvalue weighted by molar-refractivity contribution is -0.185. The number of alkyl halides is 3. The smallest absolute Gasteiger partial charge is 0.324 e. The summed E-state index contributed by atoms with van der Waals surface area (Å²) in [6, 6.07) is 11.9. The first-order chi connectivity index (χ1) is 16.7. The highest BCUT2D eigenvalue weighted by Gasteiger charge is 2.40. The van der Waals surface area contributed by atoms with Gasteiger partial charge in [0, 0.05) is 47.1 Å². The Kier molecular flexibility index (Phi) is 6.50. The molecule has 0 spiro atoms. The van der Waals surface area contributed by atoms with Crippen LogP contribution in [0.1, 0.15) is 18.4 Å². The lowest BCUT2D eigenvalue weighted by Crippen LogP contribution is -2.38. The van der Waals surface area contributed by atoms with Crippen molar-refractivity contribution in [1.82, 2.24) is 24.6 Å². The minimum atomic E-state index is -4.11. The van der Waals surface area contributed by atoms with Crippen molar-refractivity contribution in [3.05, 3.63) is 65.0 Å². The minimum Gasteiger partial charge on any atom is -0.324 e. The number of nitrogens with one attached hydrogen (secondary N) is 1. The first-order valence-electron chi connectivity index (χ1n) is 11.3. The van der Waals surface area contributed by atoms with Crippen LogP contribution in [0.25, 0.3) is 22.0 Å². The average Bonchev–Trinajstić information content (AvgIpc) is 3.25. The van der Waals surface area contributed by atoms with Crippen molar-refractivity contribution in [3.63, 3.8) is 0 Å². The second-order valence-electron chi connectivity index (χ2n) is 8.94. The van der Waals surface area contributed by atoms with Crippen LogP contribution < -0.4 is 5.32 Å². The third-order valence-electron chi connectivity index (χ3n) is 6.29. The fourth-order valence-corrected chi connectivity index (χ4v) is 4.84. The number of piperidine rings is 1. The molecule has 1 fully saturated rings. The number of likely N-dealkylation sites (tertiary alicyclic amines) is 1. The van der Waals surface area contributed by atoms with Crippen LogP contribution in [0.15, 0.2) is 59.5 Å². The molecule has 1 saturated heterocycles. The number of nitrogens with zero attached hydrogens (tertiary/aromatic N) is 5. The molecule has 1 N–H and O–H groups in total. The van der Waals surface area contributed by atoms with Crippen LogP contribution in [-0.4, -0.2) is 43.9 Å². The van der Waals surface area contributed by atoms with Crippen molar-refractivity contribution in [3.8, 4) is 11.1 Å². The highest BCUT2D eigenvalue weighted by Crippen LogP contribution is 2.35. The summed E-state index contributed by atoms with van der Waals surface area (Å²) in [5.41, 5.74) is 4.55. The van der Waals surface area contributed by atoms with Crippen LogP contribution in [0.4, 0.5) is 24.8 Å². The van der Waals surface area contributed by atoms with E-state index in [1.54, 1.807) is 17.1 Å². The van der Waals surface area contributed by atoms with Gasteiger partial charge in [0.05, 0.1) is 17.6 Å². The molecule has 182 valence electrons. The van der Waals surface area contributed by atoms with Crippen LogP contribution in [0.3, 0.4) is 0 Å². The van der Waals surface area contributed by atoms with Gasteiger partial charge < -0.3 is 5.32 Å².